The monoisotopic (exact) mass is 512 g/mol. The van der Waals surface area contributed by atoms with Crippen molar-refractivity contribution in [3.63, 3.8) is 0 Å². The maximum Gasteiger partial charge on any atom is 0.191 e. The largest absolute Gasteiger partial charge is 0.379 e. The zero-order valence-corrected chi connectivity index (χ0v) is 19.7. The fourth-order valence-electron chi connectivity index (χ4n) is 3.24. The number of nitrogens with one attached hydrogen (secondary N) is 2. The highest BCUT2D eigenvalue weighted by molar-refractivity contribution is 14.0. The first-order valence-electron chi connectivity index (χ1n) is 10.1. The molecule has 2 aromatic rings. The van der Waals surface area contributed by atoms with Gasteiger partial charge in [-0.2, -0.15) is 0 Å². The Morgan fingerprint density at radius 2 is 1.90 bits per heavy atom. The van der Waals surface area contributed by atoms with Gasteiger partial charge in [0.1, 0.15) is 0 Å². The van der Waals surface area contributed by atoms with Gasteiger partial charge in [0, 0.05) is 51.2 Å². The molecule has 1 atom stereocenters. The number of aromatic nitrogens is 2. The highest BCUT2D eigenvalue weighted by atomic mass is 127. The summed E-state index contributed by atoms with van der Waals surface area (Å²) in [7, 11) is 0. The Bertz CT molecular complexity index is 713. The highest BCUT2D eigenvalue weighted by Gasteiger charge is 2.16. The van der Waals surface area contributed by atoms with Crippen LogP contribution in [0.3, 0.4) is 0 Å². The van der Waals surface area contributed by atoms with E-state index in [4.69, 9.17) is 9.73 Å². The Labute approximate surface area is 191 Å². The summed E-state index contributed by atoms with van der Waals surface area (Å²) in [6.07, 6.45) is 5.62. The number of hydrogen-bond acceptors (Lipinski definition) is 4. The Hall–Kier alpha value is -1.65. The number of aliphatic imine (C=N–C) groups is 1. The Kier molecular flexibility index (Phi) is 10.4. The number of ether oxygens (including phenoxy) is 1. The number of guanidine groups is 1. The lowest BCUT2D eigenvalue weighted by Gasteiger charge is -2.32. The van der Waals surface area contributed by atoms with Crippen LogP contribution in [-0.4, -0.2) is 65.8 Å². The molecule has 1 saturated heterocycles. The number of hydrogen-bond donors (Lipinski definition) is 2. The van der Waals surface area contributed by atoms with Crippen molar-refractivity contribution >= 4 is 29.9 Å². The molecule has 8 heteroatoms. The minimum atomic E-state index is 0. The average molecular weight is 512 g/mol. The second kappa shape index (κ2) is 12.8. The molecule has 1 fully saturated rings. The van der Waals surface area contributed by atoms with Gasteiger partial charge in [0.2, 0.25) is 0 Å². The molecule has 0 aliphatic carbocycles. The van der Waals surface area contributed by atoms with E-state index in [-0.39, 0.29) is 24.0 Å². The van der Waals surface area contributed by atoms with Crippen LogP contribution in [0.2, 0.25) is 0 Å². The molecule has 0 saturated carbocycles. The van der Waals surface area contributed by atoms with Crippen LogP contribution in [0.25, 0.3) is 0 Å². The highest BCUT2D eigenvalue weighted by Crippen LogP contribution is 2.08. The number of morpholine rings is 1. The van der Waals surface area contributed by atoms with Gasteiger partial charge in [0.15, 0.2) is 5.96 Å². The molecular formula is C21H33IN6O. The minimum absolute atomic E-state index is 0. The van der Waals surface area contributed by atoms with Crippen LogP contribution in [0, 0.1) is 0 Å². The summed E-state index contributed by atoms with van der Waals surface area (Å²) in [4.78, 5) is 11.3. The van der Waals surface area contributed by atoms with Gasteiger partial charge in [-0.05, 0) is 25.0 Å². The van der Waals surface area contributed by atoms with Crippen molar-refractivity contribution in [2.45, 2.75) is 33.0 Å². The molecule has 1 unspecified atom stereocenters. The first-order chi connectivity index (χ1) is 13.7. The van der Waals surface area contributed by atoms with E-state index in [0.717, 1.165) is 51.9 Å². The molecule has 1 aliphatic heterocycles. The van der Waals surface area contributed by atoms with Crippen LogP contribution in [0.1, 0.15) is 25.0 Å². The number of halogens is 1. The van der Waals surface area contributed by atoms with Crippen LogP contribution in [0.5, 0.6) is 0 Å². The molecule has 0 bridgehead atoms. The molecule has 0 amide bonds. The second-order valence-corrected chi connectivity index (χ2v) is 7.12. The minimum Gasteiger partial charge on any atom is -0.379 e. The summed E-state index contributed by atoms with van der Waals surface area (Å²) in [5.41, 5.74) is 2.46. The third-order valence-electron chi connectivity index (χ3n) is 4.95. The number of rotatable bonds is 8. The molecule has 2 heterocycles. The van der Waals surface area contributed by atoms with E-state index in [9.17, 15) is 0 Å². The normalized spacial score (nSPS) is 16.1. The predicted molar refractivity (Wildman–Crippen MR) is 128 cm³/mol. The zero-order chi connectivity index (χ0) is 19.6. The number of benzene rings is 1. The smallest absolute Gasteiger partial charge is 0.191 e. The van der Waals surface area contributed by atoms with E-state index >= 15 is 0 Å². The summed E-state index contributed by atoms with van der Waals surface area (Å²) in [5, 5.41) is 6.81. The summed E-state index contributed by atoms with van der Waals surface area (Å²) in [6.45, 7) is 11.2. The van der Waals surface area contributed by atoms with E-state index in [1.54, 1.807) is 6.20 Å². The van der Waals surface area contributed by atoms with E-state index < -0.39 is 0 Å². The van der Waals surface area contributed by atoms with E-state index in [2.05, 4.69) is 63.2 Å². The molecule has 1 aliphatic rings. The van der Waals surface area contributed by atoms with Gasteiger partial charge >= 0.3 is 0 Å². The predicted octanol–water partition coefficient (Wildman–Crippen LogP) is 2.33. The van der Waals surface area contributed by atoms with Crippen LogP contribution >= 0.6 is 24.0 Å². The summed E-state index contributed by atoms with van der Waals surface area (Å²) in [6, 6.07) is 9.07. The SMILES string of the molecule is CCNC(=NCc1ccc(Cn2ccnc2)cc1)NCC(C)N1CCOCC1.I. The quantitative estimate of drug-likeness (QED) is 0.323. The Balaban J connectivity index is 0.00000300. The Morgan fingerprint density at radius 1 is 1.17 bits per heavy atom. The molecule has 160 valence electrons. The first kappa shape index (κ1) is 23.6. The lowest BCUT2D eigenvalue weighted by Crippen LogP contribution is -2.49. The number of imidazole rings is 1. The van der Waals surface area contributed by atoms with Crippen molar-refractivity contribution in [2.24, 2.45) is 4.99 Å². The molecule has 1 aromatic heterocycles. The van der Waals surface area contributed by atoms with Gasteiger partial charge in [0.25, 0.3) is 0 Å². The van der Waals surface area contributed by atoms with Crippen LogP contribution in [0.15, 0.2) is 48.0 Å². The molecule has 0 radical (unpaired) electrons. The fourth-order valence-corrected chi connectivity index (χ4v) is 3.24. The van der Waals surface area contributed by atoms with Gasteiger partial charge in [0.05, 0.1) is 26.1 Å². The molecule has 7 nitrogen and oxygen atoms in total. The lowest BCUT2D eigenvalue weighted by molar-refractivity contribution is 0.0211. The van der Waals surface area contributed by atoms with Crippen molar-refractivity contribution in [1.29, 1.82) is 0 Å². The maximum atomic E-state index is 5.44. The molecule has 1 aromatic carbocycles. The summed E-state index contributed by atoms with van der Waals surface area (Å²) >= 11 is 0. The van der Waals surface area contributed by atoms with Crippen LogP contribution in [-0.2, 0) is 17.8 Å². The van der Waals surface area contributed by atoms with Gasteiger partial charge in [-0.1, -0.05) is 24.3 Å². The van der Waals surface area contributed by atoms with Crippen molar-refractivity contribution < 1.29 is 4.74 Å². The van der Waals surface area contributed by atoms with Crippen molar-refractivity contribution in [2.75, 3.05) is 39.4 Å². The van der Waals surface area contributed by atoms with E-state index in [1.807, 2.05) is 12.5 Å². The average Bonchev–Trinajstić information content (AvgIpc) is 3.24. The number of nitrogens with zero attached hydrogens (tertiary/aromatic N) is 4. The van der Waals surface area contributed by atoms with Crippen molar-refractivity contribution in [1.82, 2.24) is 25.1 Å². The molecule has 2 N–H and O–H groups in total. The van der Waals surface area contributed by atoms with Crippen LogP contribution < -0.4 is 10.6 Å². The molecular weight excluding hydrogens is 479 g/mol. The summed E-state index contributed by atoms with van der Waals surface area (Å²) in [5.74, 6) is 0.866. The fraction of sp³-hybridized carbons (Fsp3) is 0.524. The Morgan fingerprint density at radius 3 is 2.55 bits per heavy atom. The van der Waals surface area contributed by atoms with Gasteiger partial charge in [-0.25, -0.2) is 9.98 Å². The standard InChI is InChI=1S/C21H32N6O.HI/c1-3-23-21(24-14-18(2)27-10-12-28-13-11-27)25-15-19-4-6-20(7-5-19)16-26-9-8-22-17-26;/h4-9,17-18H,3,10-16H2,1-2H3,(H2,23,24,25);1H. The first-order valence-corrected chi connectivity index (χ1v) is 10.1. The third kappa shape index (κ3) is 7.94. The van der Waals surface area contributed by atoms with Crippen molar-refractivity contribution in [3.8, 4) is 0 Å². The molecule has 3 rings (SSSR count). The molecule has 29 heavy (non-hydrogen) atoms. The van der Waals surface area contributed by atoms with Gasteiger partial charge in [-0.3, -0.25) is 4.90 Å². The summed E-state index contributed by atoms with van der Waals surface area (Å²) < 4.78 is 7.50. The molecule has 0 spiro atoms. The maximum absolute atomic E-state index is 5.44. The van der Waals surface area contributed by atoms with E-state index in [1.165, 1.54) is 11.1 Å². The van der Waals surface area contributed by atoms with Gasteiger partial charge < -0.3 is 19.9 Å². The van der Waals surface area contributed by atoms with E-state index in [0.29, 0.717) is 12.6 Å². The van der Waals surface area contributed by atoms with Crippen LogP contribution in [0.4, 0.5) is 0 Å². The third-order valence-corrected chi connectivity index (χ3v) is 4.95. The van der Waals surface area contributed by atoms with Gasteiger partial charge in [-0.15, -0.1) is 24.0 Å². The lowest BCUT2D eigenvalue weighted by atomic mass is 10.1. The zero-order valence-electron chi connectivity index (χ0n) is 17.4. The van der Waals surface area contributed by atoms with Crippen molar-refractivity contribution in [3.05, 3.63) is 54.1 Å². The topological polar surface area (TPSA) is 66.7 Å². The second-order valence-electron chi connectivity index (χ2n) is 7.12.